The summed E-state index contributed by atoms with van der Waals surface area (Å²) in [7, 11) is 0. The first-order valence-corrected chi connectivity index (χ1v) is 11.4. The molecule has 2 atom stereocenters. The molecule has 0 bridgehead atoms. The molecular formula is C24H25Cl2F3N2O3. The molecule has 184 valence electrons. The van der Waals surface area contributed by atoms with Crippen LogP contribution in [-0.4, -0.2) is 41.6 Å². The van der Waals surface area contributed by atoms with Crippen LogP contribution in [0.1, 0.15) is 54.6 Å². The maximum absolute atomic E-state index is 13.2. The van der Waals surface area contributed by atoms with Crippen LogP contribution in [-0.2, 0) is 10.9 Å². The number of carbonyl (C=O) groups excluding carboxylic acids is 2. The zero-order chi connectivity index (χ0) is 25.3. The van der Waals surface area contributed by atoms with Gasteiger partial charge in [-0.05, 0) is 63.1 Å². The van der Waals surface area contributed by atoms with E-state index >= 15 is 0 Å². The molecule has 34 heavy (non-hydrogen) atoms. The Morgan fingerprint density at radius 1 is 1.06 bits per heavy atom. The van der Waals surface area contributed by atoms with E-state index in [1.54, 1.807) is 49.9 Å². The molecule has 1 saturated heterocycles. The Morgan fingerprint density at radius 2 is 1.71 bits per heavy atom. The van der Waals surface area contributed by atoms with Crippen LogP contribution in [0.2, 0.25) is 10.0 Å². The van der Waals surface area contributed by atoms with Gasteiger partial charge in [0.15, 0.2) is 0 Å². The predicted molar refractivity (Wildman–Crippen MR) is 124 cm³/mol. The lowest BCUT2D eigenvalue weighted by atomic mass is 9.86. The number of alkyl halides is 3. The summed E-state index contributed by atoms with van der Waals surface area (Å²) in [5.74, 6) is -0.978. The van der Waals surface area contributed by atoms with Crippen molar-refractivity contribution in [3.05, 3.63) is 69.2 Å². The molecule has 2 aromatic carbocycles. The second-order valence-electron chi connectivity index (χ2n) is 9.15. The Hall–Kier alpha value is -2.45. The minimum absolute atomic E-state index is 0.152. The summed E-state index contributed by atoms with van der Waals surface area (Å²) >= 11 is 11.7. The first-order valence-electron chi connectivity index (χ1n) is 10.7. The summed E-state index contributed by atoms with van der Waals surface area (Å²) in [6.45, 7) is 5.90. The molecule has 5 nitrogen and oxygen atoms in total. The molecule has 0 saturated carbocycles. The Balaban J connectivity index is 1.84. The van der Waals surface area contributed by atoms with Crippen molar-refractivity contribution >= 4 is 35.2 Å². The van der Waals surface area contributed by atoms with Crippen molar-refractivity contribution in [1.82, 2.24) is 10.2 Å². The number of piperidine rings is 1. The van der Waals surface area contributed by atoms with E-state index in [9.17, 15) is 22.8 Å². The van der Waals surface area contributed by atoms with Gasteiger partial charge >= 0.3 is 12.3 Å². The molecule has 2 amide bonds. The van der Waals surface area contributed by atoms with Crippen LogP contribution in [0, 0.1) is 0 Å². The van der Waals surface area contributed by atoms with Crippen molar-refractivity contribution in [3.8, 4) is 0 Å². The summed E-state index contributed by atoms with van der Waals surface area (Å²) < 4.78 is 45.2. The van der Waals surface area contributed by atoms with E-state index in [1.807, 2.05) is 0 Å². The lowest BCUT2D eigenvalue weighted by Crippen LogP contribution is -2.52. The second-order valence-corrected chi connectivity index (χ2v) is 9.99. The number of likely N-dealkylation sites (tertiary alicyclic amines) is 1. The number of amides is 2. The molecule has 1 aliphatic rings. The molecule has 1 N–H and O–H groups in total. The van der Waals surface area contributed by atoms with Crippen molar-refractivity contribution in [2.45, 2.75) is 50.9 Å². The quantitative estimate of drug-likeness (QED) is 0.504. The Bertz CT molecular complexity index is 1050. The van der Waals surface area contributed by atoms with Crippen LogP contribution >= 0.6 is 23.2 Å². The lowest BCUT2D eigenvalue weighted by Gasteiger charge is -2.39. The van der Waals surface area contributed by atoms with Crippen LogP contribution in [0.3, 0.4) is 0 Å². The number of nitrogens with one attached hydrogen (secondary N) is 1. The Labute approximate surface area is 206 Å². The fourth-order valence-corrected chi connectivity index (χ4v) is 4.15. The van der Waals surface area contributed by atoms with Gasteiger partial charge < -0.3 is 15.0 Å². The second kappa shape index (κ2) is 10.0. The number of hydrogen-bond donors (Lipinski definition) is 1. The van der Waals surface area contributed by atoms with E-state index in [-0.39, 0.29) is 18.0 Å². The van der Waals surface area contributed by atoms with Gasteiger partial charge in [-0.15, -0.1) is 0 Å². The molecule has 2 unspecified atom stereocenters. The van der Waals surface area contributed by atoms with E-state index in [2.05, 4.69) is 5.32 Å². The van der Waals surface area contributed by atoms with Crippen LogP contribution in [0.4, 0.5) is 18.0 Å². The minimum Gasteiger partial charge on any atom is -0.444 e. The molecule has 0 aromatic heterocycles. The first-order chi connectivity index (χ1) is 15.7. The highest BCUT2D eigenvalue weighted by Gasteiger charge is 2.37. The van der Waals surface area contributed by atoms with Crippen molar-refractivity contribution in [3.63, 3.8) is 0 Å². The van der Waals surface area contributed by atoms with Gasteiger partial charge in [0, 0.05) is 35.6 Å². The predicted octanol–water partition coefficient (Wildman–Crippen LogP) is 6.54. The zero-order valence-electron chi connectivity index (χ0n) is 18.9. The molecule has 3 rings (SSSR count). The highest BCUT2D eigenvalue weighted by Crippen LogP contribution is 2.35. The number of hydrogen-bond acceptors (Lipinski definition) is 3. The topological polar surface area (TPSA) is 58.6 Å². The normalized spacial score (nSPS) is 19.0. The van der Waals surface area contributed by atoms with Gasteiger partial charge in [0.25, 0.3) is 5.91 Å². The molecule has 1 fully saturated rings. The molecular weight excluding hydrogens is 492 g/mol. The monoisotopic (exact) mass is 516 g/mol. The first kappa shape index (κ1) is 26.2. The maximum atomic E-state index is 13.2. The van der Waals surface area contributed by atoms with E-state index in [1.165, 1.54) is 6.07 Å². The summed E-state index contributed by atoms with van der Waals surface area (Å²) in [6.07, 6.45) is -4.76. The van der Waals surface area contributed by atoms with Crippen LogP contribution < -0.4 is 5.32 Å². The average Bonchev–Trinajstić information content (AvgIpc) is 2.73. The fourth-order valence-electron chi connectivity index (χ4n) is 3.80. The number of nitrogens with zero attached hydrogens (tertiary/aromatic N) is 1. The Kier molecular flexibility index (Phi) is 7.72. The molecule has 1 heterocycles. The van der Waals surface area contributed by atoms with Gasteiger partial charge in [0.05, 0.1) is 10.6 Å². The minimum atomic E-state index is -4.68. The summed E-state index contributed by atoms with van der Waals surface area (Å²) in [5.41, 5.74) is -1.06. The summed E-state index contributed by atoms with van der Waals surface area (Å²) in [4.78, 5) is 27.1. The third kappa shape index (κ3) is 6.57. The Morgan fingerprint density at radius 3 is 2.29 bits per heavy atom. The SMILES string of the molecule is CC(C)(C)OC(=O)N1CCC(NC(=O)c2ccc(Cl)c(C(F)(F)F)c2)C(c2ccc(Cl)cc2)C1. The smallest absolute Gasteiger partial charge is 0.417 e. The largest absolute Gasteiger partial charge is 0.444 e. The van der Waals surface area contributed by atoms with E-state index < -0.39 is 40.4 Å². The lowest BCUT2D eigenvalue weighted by molar-refractivity contribution is -0.137. The zero-order valence-corrected chi connectivity index (χ0v) is 20.4. The maximum Gasteiger partial charge on any atom is 0.417 e. The van der Waals surface area contributed by atoms with Crippen molar-refractivity contribution in [2.75, 3.05) is 13.1 Å². The van der Waals surface area contributed by atoms with Gasteiger partial charge in [-0.2, -0.15) is 13.2 Å². The molecule has 0 aliphatic carbocycles. The van der Waals surface area contributed by atoms with Crippen LogP contribution in [0.25, 0.3) is 0 Å². The molecule has 0 spiro atoms. The van der Waals surface area contributed by atoms with Gasteiger partial charge in [0.1, 0.15) is 5.60 Å². The third-order valence-corrected chi connectivity index (χ3v) is 5.99. The molecule has 2 aromatic rings. The van der Waals surface area contributed by atoms with Crippen LogP contribution in [0.15, 0.2) is 42.5 Å². The number of benzene rings is 2. The van der Waals surface area contributed by atoms with Gasteiger partial charge in [-0.1, -0.05) is 35.3 Å². The highest BCUT2D eigenvalue weighted by atomic mass is 35.5. The average molecular weight is 517 g/mol. The molecule has 1 aliphatic heterocycles. The molecule has 0 radical (unpaired) electrons. The van der Waals surface area contributed by atoms with Gasteiger partial charge in [-0.3, -0.25) is 4.79 Å². The number of rotatable bonds is 3. The van der Waals surface area contributed by atoms with E-state index in [4.69, 9.17) is 27.9 Å². The van der Waals surface area contributed by atoms with Crippen LogP contribution in [0.5, 0.6) is 0 Å². The fraction of sp³-hybridized carbons (Fsp3) is 0.417. The van der Waals surface area contributed by atoms with Crippen molar-refractivity contribution in [2.24, 2.45) is 0 Å². The standard InChI is InChI=1S/C24H25Cl2F3N2O3/c1-23(2,3)34-22(33)31-11-10-20(17(13-31)14-4-7-16(25)8-5-14)30-21(32)15-6-9-19(26)18(12-15)24(27,28)29/h4-9,12,17,20H,10-11,13H2,1-3H3,(H,30,32). The summed E-state index contributed by atoms with van der Waals surface area (Å²) in [6, 6.07) is 9.63. The third-order valence-electron chi connectivity index (χ3n) is 5.41. The number of carbonyl (C=O) groups is 2. The number of halogens is 5. The molecule has 10 heteroatoms. The van der Waals surface area contributed by atoms with E-state index in [0.29, 0.717) is 18.0 Å². The van der Waals surface area contributed by atoms with Crippen molar-refractivity contribution < 1.29 is 27.5 Å². The van der Waals surface area contributed by atoms with Crippen molar-refractivity contribution in [1.29, 1.82) is 0 Å². The van der Waals surface area contributed by atoms with E-state index in [0.717, 1.165) is 17.7 Å². The highest BCUT2D eigenvalue weighted by molar-refractivity contribution is 6.31. The number of ether oxygens (including phenoxy) is 1. The van der Waals surface area contributed by atoms with Gasteiger partial charge in [-0.25, -0.2) is 4.79 Å². The van der Waals surface area contributed by atoms with Gasteiger partial charge in [0.2, 0.25) is 0 Å². The summed E-state index contributed by atoms with van der Waals surface area (Å²) in [5, 5.41) is 2.90.